The van der Waals surface area contributed by atoms with E-state index in [1.165, 1.54) is 0 Å². The van der Waals surface area contributed by atoms with Gasteiger partial charge in [-0.15, -0.1) is 0 Å². The highest BCUT2D eigenvalue weighted by Crippen LogP contribution is 2.42. The maximum atomic E-state index is 9.86. The molecule has 1 fully saturated rings. The van der Waals surface area contributed by atoms with Crippen molar-refractivity contribution in [1.82, 2.24) is 0 Å². The maximum Gasteiger partial charge on any atom is 0.191 e. The van der Waals surface area contributed by atoms with E-state index in [2.05, 4.69) is 0 Å². The van der Waals surface area contributed by atoms with Gasteiger partial charge in [-0.25, -0.2) is 0 Å². The molecule has 0 saturated carbocycles. The molecule has 2 rings (SSSR count). The van der Waals surface area contributed by atoms with Gasteiger partial charge < -0.3 is 24.8 Å². The Morgan fingerprint density at radius 1 is 1.00 bits per heavy atom. The molecule has 1 saturated heterocycles. The van der Waals surface area contributed by atoms with Crippen molar-refractivity contribution in [3.05, 3.63) is 17.7 Å². The third-order valence-electron chi connectivity index (χ3n) is 3.43. The van der Waals surface area contributed by atoms with Crippen LogP contribution in [0.2, 0.25) is 0 Å². The van der Waals surface area contributed by atoms with Crippen LogP contribution in [0.4, 0.5) is 0 Å². The first kappa shape index (κ1) is 14.0. The van der Waals surface area contributed by atoms with Gasteiger partial charge >= 0.3 is 0 Å². The van der Waals surface area contributed by atoms with Crippen LogP contribution in [-0.2, 0) is 9.47 Å². The summed E-state index contributed by atoms with van der Waals surface area (Å²) >= 11 is 0. The highest BCUT2D eigenvalue weighted by Gasteiger charge is 2.32. The van der Waals surface area contributed by atoms with Crippen LogP contribution in [-0.4, -0.2) is 27.5 Å². The smallest absolute Gasteiger partial charge is 0.191 e. The Kier molecular flexibility index (Phi) is 4.17. The second kappa shape index (κ2) is 5.67. The number of hydrogen-bond donors (Lipinski definition) is 3. The molecule has 0 radical (unpaired) electrons. The zero-order valence-corrected chi connectivity index (χ0v) is 11.2. The molecule has 3 N–H and O–H groups in total. The fourth-order valence-electron chi connectivity index (χ4n) is 2.30. The summed E-state index contributed by atoms with van der Waals surface area (Å²) in [5, 5.41) is 29.0. The Labute approximate surface area is 112 Å². The quantitative estimate of drug-likeness (QED) is 0.785. The largest absolute Gasteiger partial charge is 0.508 e. The van der Waals surface area contributed by atoms with Crippen molar-refractivity contribution < 1.29 is 24.8 Å². The summed E-state index contributed by atoms with van der Waals surface area (Å²) in [5.74, 6) is -0.656. The number of aromatic hydroxyl groups is 3. The van der Waals surface area contributed by atoms with Gasteiger partial charge in [0.05, 0.1) is 17.8 Å². The minimum atomic E-state index is -0.802. The third kappa shape index (κ3) is 2.93. The van der Waals surface area contributed by atoms with E-state index in [-0.39, 0.29) is 35.0 Å². The Morgan fingerprint density at radius 2 is 1.47 bits per heavy atom. The van der Waals surface area contributed by atoms with Crippen LogP contribution in [0.3, 0.4) is 0 Å². The van der Waals surface area contributed by atoms with Crippen LogP contribution >= 0.6 is 0 Å². The van der Waals surface area contributed by atoms with Crippen molar-refractivity contribution >= 4 is 0 Å². The molecule has 106 valence electrons. The lowest BCUT2D eigenvalue weighted by atomic mass is 10.0. The van der Waals surface area contributed by atoms with Gasteiger partial charge in [0.2, 0.25) is 0 Å². The highest BCUT2D eigenvalue weighted by atomic mass is 16.7. The van der Waals surface area contributed by atoms with Gasteiger partial charge in [0.1, 0.15) is 17.2 Å². The fraction of sp³-hybridized carbons (Fsp3) is 0.571. The summed E-state index contributed by atoms with van der Waals surface area (Å²) < 4.78 is 11.5. The van der Waals surface area contributed by atoms with Gasteiger partial charge in [-0.1, -0.05) is 13.8 Å². The van der Waals surface area contributed by atoms with Crippen molar-refractivity contribution in [2.24, 2.45) is 0 Å². The molecule has 1 aromatic rings. The van der Waals surface area contributed by atoms with Crippen molar-refractivity contribution in [3.8, 4) is 17.2 Å². The van der Waals surface area contributed by atoms with Gasteiger partial charge in [0.25, 0.3) is 0 Å². The molecule has 5 nitrogen and oxygen atoms in total. The summed E-state index contributed by atoms with van der Waals surface area (Å²) in [4.78, 5) is 0. The molecule has 1 aliphatic heterocycles. The van der Waals surface area contributed by atoms with Gasteiger partial charge in [0.15, 0.2) is 6.29 Å². The van der Waals surface area contributed by atoms with Crippen molar-refractivity contribution in [2.45, 2.75) is 51.6 Å². The van der Waals surface area contributed by atoms with E-state index >= 15 is 0 Å². The minimum Gasteiger partial charge on any atom is -0.508 e. The molecule has 0 aromatic heterocycles. The van der Waals surface area contributed by atoms with Gasteiger partial charge in [-0.05, 0) is 12.8 Å². The molecular weight excluding hydrogens is 248 g/mol. The van der Waals surface area contributed by atoms with E-state index in [1.807, 2.05) is 13.8 Å². The van der Waals surface area contributed by atoms with Crippen LogP contribution < -0.4 is 0 Å². The first-order valence-corrected chi connectivity index (χ1v) is 6.60. The van der Waals surface area contributed by atoms with Crippen molar-refractivity contribution in [2.75, 3.05) is 0 Å². The SMILES string of the molecule is CCC1CC(CC)OC(c2c(O)cc(O)cc2O)O1. The van der Waals surface area contributed by atoms with E-state index in [0.29, 0.717) is 0 Å². The molecule has 2 unspecified atom stereocenters. The normalized spacial score (nSPS) is 27.4. The van der Waals surface area contributed by atoms with Crippen LogP contribution in [0.5, 0.6) is 17.2 Å². The number of hydrogen-bond acceptors (Lipinski definition) is 5. The van der Waals surface area contributed by atoms with E-state index in [9.17, 15) is 15.3 Å². The summed E-state index contributed by atoms with van der Waals surface area (Å²) in [6, 6.07) is 2.33. The third-order valence-corrected chi connectivity index (χ3v) is 3.43. The lowest BCUT2D eigenvalue weighted by molar-refractivity contribution is -0.249. The van der Waals surface area contributed by atoms with Crippen LogP contribution in [0, 0.1) is 0 Å². The number of phenolic OH excluding ortho intramolecular Hbond substituents is 3. The van der Waals surface area contributed by atoms with Gasteiger partial charge in [-0.3, -0.25) is 0 Å². The average molecular weight is 268 g/mol. The molecule has 19 heavy (non-hydrogen) atoms. The lowest BCUT2D eigenvalue weighted by Crippen LogP contribution is -2.33. The number of phenols is 3. The second-order valence-electron chi connectivity index (χ2n) is 4.80. The monoisotopic (exact) mass is 268 g/mol. The number of rotatable bonds is 3. The minimum absolute atomic E-state index is 0.0382. The Hall–Kier alpha value is -1.46. The van der Waals surface area contributed by atoms with E-state index in [0.717, 1.165) is 31.4 Å². The Balaban J connectivity index is 2.30. The molecule has 1 aliphatic rings. The predicted molar refractivity (Wildman–Crippen MR) is 69.1 cm³/mol. The molecule has 0 bridgehead atoms. The predicted octanol–water partition coefficient (Wildman–Crippen LogP) is 2.80. The Morgan fingerprint density at radius 3 is 1.89 bits per heavy atom. The first-order chi connectivity index (χ1) is 9.05. The molecule has 0 aliphatic carbocycles. The zero-order chi connectivity index (χ0) is 14.0. The number of benzene rings is 1. The lowest BCUT2D eigenvalue weighted by Gasteiger charge is -2.35. The summed E-state index contributed by atoms with van der Waals surface area (Å²) in [5.41, 5.74) is 0.175. The van der Waals surface area contributed by atoms with Crippen LogP contribution in [0.15, 0.2) is 12.1 Å². The number of ether oxygens (including phenoxy) is 2. The topological polar surface area (TPSA) is 79.2 Å². The molecule has 1 heterocycles. The molecule has 5 heteroatoms. The average Bonchev–Trinajstić information content (AvgIpc) is 2.37. The zero-order valence-electron chi connectivity index (χ0n) is 11.2. The molecular formula is C14H20O5. The Bertz CT molecular complexity index is 410. The van der Waals surface area contributed by atoms with Crippen LogP contribution in [0.1, 0.15) is 45.0 Å². The van der Waals surface area contributed by atoms with E-state index < -0.39 is 6.29 Å². The molecule has 0 spiro atoms. The molecule has 1 aromatic carbocycles. The maximum absolute atomic E-state index is 9.86. The molecule has 0 amide bonds. The van der Waals surface area contributed by atoms with Gasteiger partial charge in [-0.2, -0.15) is 0 Å². The summed E-state index contributed by atoms with van der Waals surface area (Å²) in [7, 11) is 0. The van der Waals surface area contributed by atoms with Crippen molar-refractivity contribution in [1.29, 1.82) is 0 Å². The summed E-state index contributed by atoms with van der Waals surface area (Å²) in [6.07, 6.45) is 1.77. The molecule has 2 atom stereocenters. The summed E-state index contributed by atoms with van der Waals surface area (Å²) in [6.45, 7) is 4.05. The van der Waals surface area contributed by atoms with Gasteiger partial charge in [0, 0.05) is 18.6 Å². The fourth-order valence-corrected chi connectivity index (χ4v) is 2.30. The first-order valence-electron chi connectivity index (χ1n) is 6.60. The van der Waals surface area contributed by atoms with E-state index in [1.54, 1.807) is 0 Å². The highest BCUT2D eigenvalue weighted by molar-refractivity contribution is 5.49. The second-order valence-corrected chi connectivity index (χ2v) is 4.80. The van der Waals surface area contributed by atoms with Crippen LogP contribution in [0.25, 0.3) is 0 Å². The van der Waals surface area contributed by atoms with E-state index in [4.69, 9.17) is 9.47 Å². The standard InChI is InChI=1S/C14H20O5/c1-3-9-7-10(4-2)19-14(18-9)13-11(16)5-8(15)6-12(13)17/h5-6,9-10,14-17H,3-4,7H2,1-2H3. The van der Waals surface area contributed by atoms with Crippen molar-refractivity contribution in [3.63, 3.8) is 0 Å².